The number of piperidine rings is 1. The van der Waals surface area contributed by atoms with Crippen LogP contribution in [0, 0.1) is 5.92 Å². The van der Waals surface area contributed by atoms with Crippen LogP contribution >= 0.6 is 0 Å². The molecule has 2 heterocycles. The summed E-state index contributed by atoms with van der Waals surface area (Å²) in [6, 6.07) is 10.2. The molecule has 4 rings (SSSR count). The fourth-order valence-corrected chi connectivity index (χ4v) is 4.78. The van der Waals surface area contributed by atoms with Crippen molar-refractivity contribution in [2.75, 3.05) is 26.2 Å². The lowest BCUT2D eigenvalue weighted by molar-refractivity contribution is -0.146. The molecule has 4 nitrogen and oxygen atoms in total. The number of likely N-dealkylation sites (tertiary alicyclic amines) is 2. The quantitative estimate of drug-likeness (QED) is 0.849. The maximum Gasteiger partial charge on any atom is 0.233 e. The molecule has 3 fully saturated rings. The van der Waals surface area contributed by atoms with Gasteiger partial charge in [0, 0.05) is 26.2 Å². The number of nitrogens with zero attached hydrogens (tertiary/aromatic N) is 2. The Morgan fingerprint density at radius 2 is 1.56 bits per heavy atom. The van der Waals surface area contributed by atoms with Gasteiger partial charge >= 0.3 is 0 Å². The SMILES string of the molecule is O=C([C@@H]1CCCN(C(=O)C2(c3ccccc3)CCC2)C1)N1CCCC1. The summed E-state index contributed by atoms with van der Waals surface area (Å²) in [7, 11) is 0. The number of hydrogen-bond acceptors (Lipinski definition) is 2. The Hall–Kier alpha value is -1.84. The number of rotatable bonds is 3. The van der Waals surface area contributed by atoms with Gasteiger partial charge in [0.05, 0.1) is 11.3 Å². The van der Waals surface area contributed by atoms with Crippen LogP contribution in [0.2, 0.25) is 0 Å². The second-order valence-corrected chi connectivity index (χ2v) is 7.92. The van der Waals surface area contributed by atoms with Crippen molar-refractivity contribution < 1.29 is 9.59 Å². The molecule has 0 unspecified atom stereocenters. The first-order valence-electron chi connectivity index (χ1n) is 9.84. The molecule has 1 aliphatic carbocycles. The van der Waals surface area contributed by atoms with Gasteiger partial charge in [0.15, 0.2) is 0 Å². The van der Waals surface area contributed by atoms with Crippen LogP contribution < -0.4 is 0 Å². The molecule has 4 heteroatoms. The van der Waals surface area contributed by atoms with E-state index >= 15 is 0 Å². The van der Waals surface area contributed by atoms with Gasteiger partial charge in [-0.15, -0.1) is 0 Å². The molecule has 0 bridgehead atoms. The lowest BCUT2D eigenvalue weighted by Gasteiger charge is -2.46. The summed E-state index contributed by atoms with van der Waals surface area (Å²) >= 11 is 0. The highest BCUT2D eigenvalue weighted by Crippen LogP contribution is 2.45. The number of benzene rings is 1. The van der Waals surface area contributed by atoms with Crippen LogP contribution in [0.5, 0.6) is 0 Å². The van der Waals surface area contributed by atoms with Crippen LogP contribution in [0.25, 0.3) is 0 Å². The summed E-state index contributed by atoms with van der Waals surface area (Å²) < 4.78 is 0. The second-order valence-electron chi connectivity index (χ2n) is 7.92. The van der Waals surface area contributed by atoms with E-state index < -0.39 is 0 Å². The van der Waals surface area contributed by atoms with Gasteiger partial charge < -0.3 is 9.80 Å². The van der Waals surface area contributed by atoms with E-state index in [1.54, 1.807) is 0 Å². The van der Waals surface area contributed by atoms with Gasteiger partial charge in [0.2, 0.25) is 11.8 Å². The highest BCUT2D eigenvalue weighted by Gasteiger charge is 2.48. The van der Waals surface area contributed by atoms with E-state index in [1.165, 1.54) is 0 Å². The van der Waals surface area contributed by atoms with Gasteiger partial charge in [-0.05, 0) is 44.1 Å². The molecule has 0 radical (unpaired) electrons. The molecule has 2 amide bonds. The van der Waals surface area contributed by atoms with Crippen molar-refractivity contribution in [3.8, 4) is 0 Å². The normalized spacial score (nSPS) is 25.5. The van der Waals surface area contributed by atoms with Gasteiger partial charge in [0.1, 0.15) is 0 Å². The summed E-state index contributed by atoms with van der Waals surface area (Å²) in [6.45, 7) is 3.22. The lowest BCUT2D eigenvalue weighted by Crippen LogP contribution is -2.55. The molecule has 1 saturated carbocycles. The van der Waals surface area contributed by atoms with Crippen LogP contribution in [-0.2, 0) is 15.0 Å². The molecular weight excluding hydrogens is 312 g/mol. The molecule has 1 atom stereocenters. The molecule has 25 heavy (non-hydrogen) atoms. The van der Waals surface area contributed by atoms with Crippen molar-refractivity contribution in [2.24, 2.45) is 5.92 Å². The van der Waals surface area contributed by atoms with Crippen LogP contribution in [0.4, 0.5) is 0 Å². The van der Waals surface area contributed by atoms with E-state index in [-0.39, 0.29) is 23.1 Å². The zero-order valence-electron chi connectivity index (χ0n) is 15.0. The van der Waals surface area contributed by atoms with E-state index in [0.717, 1.165) is 70.1 Å². The smallest absolute Gasteiger partial charge is 0.233 e. The Balaban J connectivity index is 1.49. The maximum atomic E-state index is 13.4. The highest BCUT2D eigenvalue weighted by molar-refractivity contribution is 5.90. The first-order chi connectivity index (χ1) is 12.2. The standard InChI is InChI=1S/C21H28N2O2/c24-19(22-13-4-5-14-22)17-8-6-15-23(16-17)20(25)21(11-7-12-21)18-9-2-1-3-10-18/h1-3,9-10,17H,4-8,11-16H2/t17-/m1/s1. The first kappa shape index (κ1) is 16.6. The number of amides is 2. The molecule has 0 aromatic heterocycles. The largest absolute Gasteiger partial charge is 0.342 e. The van der Waals surface area contributed by atoms with Crippen molar-refractivity contribution in [1.29, 1.82) is 0 Å². The second kappa shape index (κ2) is 6.81. The van der Waals surface area contributed by atoms with Crippen LogP contribution in [0.15, 0.2) is 30.3 Å². The van der Waals surface area contributed by atoms with Crippen molar-refractivity contribution in [3.63, 3.8) is 0 Å². The minimum absolute atomic E-state index is 0.00343. The van der Waals surface area contributed by atoms with Gasteiger partial charge in [-0.25, -0.2) is 0 Å². The Labute approximate surface area is 150 Å². The monoisotopic (exact) mass is 340 g/mol. The van der Waals surface area contributed by atoms with Gasteiger partial charge in [-0.3, -0.25) is 9.59 Å². The fraction of sp³-hybridized carbons (Fsp3) is 0.619. The minimum Gasteiger partial charge on any atom is -0.342 e. The zero-order valence-corrected chi connectivity index (χ0v) is 15.0. The van der Waals surface area contributed by atoms with E-state index in [2.05, 4.69) is 12.1 Å². The molecule has 3 aliphatic rings. The molecule has 2 aliphatic heterocycles. The number of carbonyl (C=O) groups excluding carboxylic acids is 2. The van der Waals surface area contributed by atoms with Gasteiger partial charge in [0.25, 0.3) is 0 Å². The summed E-state index contributed by atoms with van der Waals surface area (Å²) in [4.78, 5) is 30.2. The van der Waals surface area contributed by atoms with Crippen molar-refractivity contribution in [1.82, 2.24) is 9.80 Å². The Morgan fingerprint density at radius 1 is 0.880 bits per heavy atom. The van der Waals surface area contributed by atoms with Crippen LogP contribution in [0.3, 0.4) is 0 Å². The average molecular weight is 340 g/mol. The lowest BCUT2D eigenvalue weighted by atomic mass is 9.63. The predicted octanol–water partition coefficient (Wildman–Crippen LogP) is 2.97. The van der Waals surface area contributed by atoms with E-state index in [9.17, 15) is 9.59 Å². The molecule has 1 aromatic carbocycles. The molecular formula is C21H28N2O2. The van der Waals surface area contributed by atoms with Crippen molar-refractivity contribution in [3.05, 3.63) is 35.9 Å². The zero-order chi connectivity index (χ0) is 17.3. The fourth-order valence-electron chi connectivity index (χ4n) is 4.78. The predicted molar refractivity (Wildman–Crippen MR) is 97.1 cm³/mol. The summed E-state index contributed by atoms with van der Waals surface area (Å²) in [5.41, 5.74) is 0.819. The minimum atomic E-state index is -0.333. The summed E-state index contributed by atoms with van der Waals surface area (Å²) in [5.74, 6) is 0.532. The average Bonchev–Trinajstić information content (AvgIpc) is 3.16. The third-order valence-electron chi connectivity index (χ3n) is 6.42. The molecule has 134 valence electrons. The third-order valence-corrected chi connectivity index (χ3v) is 6.42. The van der Waals surface area contributed by atoms with Crippen molar-refractivity contribution in [2.45, 2.75) is 50.4 Å². The van der Waals surface area contributed by atoms with E-state index in [1.807, 2.05) is 28.0 Å². The van der Waals surface area contributed by atoms with E-state index in [0.29, 0.717) is 6.54 Å². The van der Waals surface area contributed by atoms with Crippen molar-refractivity contribution >= 4 is 11.8 Å². The Kier molecular flexibility index (Phi) is 4.53. The number of carbonyl (C=O) groups is 2. The van der Waals surface area contributed by atoms with Gasteiger partial charge in [-0.2, -0.15) is 0 Å². The topological polar surface area (TPSA) is 40.6 Å². The molecule has 0 N–H and O–H groups in total. The van der Waals surface area contributed by atoms with E-state index in [4.69, 9.17) is 0 Å². The van der Waals surface area contributed by atoms with Crippen LogP contribution in [0.1, 0.15) is 50.5 Å². The first-order valence-corrected chi connectivity index (χ1v) is 9.84. The number of hydrogen-bond donors (Lipinski definition) is 0. The maximum absolute atomic E-state index is 13.4. The Morgan fingerprint density at radius 3 is 2.20 bits per heavy atom. The third kappa shape index (κ3) is 2.96. The summed E-state index contributed by atoms with van der Waals surface area (Å²) in [5, 5.41) is 0. The van der Waals surface area contributed by atoms with Gasteiger partial charge in [-0.1, -0.05) is 36.8 Å². The Bertz CT molecular complexity index is 633. The molecule has 0 spiro atoms. The molecule has 1 aromatic rings. The summed E-state index contributed by atoms with van der Waals surface area (Å²) in [6.07, 6.45) is 7.12. The highest BCUT2D eigenvalue weighted by atomic mass is 16.2. The molecule has 2 saturated heterocycles. The van der Waals surface area contributed by atoms with Crippen LogP contribution in [-0.4, -0.2) is 47.8 Å².